The second-order valence-corrected chi connectivity index (χ2v) is 8.50. The highest BCUT2D eigenvalue weighted by molar-refractivity contribution is 9.10. The zero-order valence-electron chi connectivity index (χ0n) is 11.3. The number of hydrogen-bond acceptors (Lipinski definition) is 3. The normalized spacial score (nSPS) is 26.9. The lowest BCUT2D eigenvalue weighted by atomic mass is 10.0. The molecule has 1 aromatic rings. The summed E-state index contributed by atoms with van der Waals surface area (Å²) in [5, 5.41) is 0. The van der Waals surface area contributed by atoms with E-state index in [1.807, 2.05) is 0 Å². The Morgan fingerprint density at radius 1 is 1.25 bits per heavy atom. The van der Waals surface area contributed by atoms with Crippen LogP contribution in [0.2, 0.25) is 0 Å². The predicted octanol–water partition coefficient (Wildman–Crippen LogP) is 2.33. The third-order valence-electron chi connectivity index (χ3n) is 4.54. The summed E-state index contributed by atoms with van der Waals surface area (Å²) < 4.78 is 27.8. The average Bonchev–Trinajstić information content (AvgIpc) is 2.99. The third-order valence-corrected chi connectivity index (χ3v) is 7.35. The minimum atomic E-state index is -3.39. The van der Waals surface area contributed by atoms with Crippen molar-refractivity contribution in [1.29, 1.82) is 0 Å². The number of benzene rings is 1. The van der Waals surface area contributed by atoms with Gasteiger partial charge < -0.3 is 5.73 Å². The number of sulfonamides is 1. The first kappa shape index (κ1) is 14.5. The van der Waals surface area contributed by atoms with Gasteiger partial charge in [-0.05, 0) is 58.3 Å². The van der Waals surface area contributed by atoms with Crippen LogP contribution in [-0.2, 0) is 16.6 Å². The summed E-state index contributed by atoms with van der Waals surface area (Å²) in [4.78, 5) is 0.356. The smallest absolute Gasteiger partial charge is 0.244 e. The van der Waals surface area contributed by atoms with E-state index in [1.165, 1.54) is 19.3 Å². The van der Waals surface area contributed by atoms with Crippen molar-refractivity contribution in [2.45, 2.75) is 30.7 Å². The van der Waals surface area contributed by atoms with Crippen LogP contribution in [0.4, 0.5) is 0 Å². The Hall–Kier alpha value is -0.430. The second kappa shape index (κ2) is 5.40. The van der Waals surface area contributed by atoms with Crippen molar-refractivity contribution in [1.82, 2.24) is 4.31 Å². The highest BCUT2D eigenvalue weighted by Crippen LogP contribution is 2.40. The minimum absolute atomic E-state index is 0.356. The number of fused-ring (bicyclic) bond motifs is 1. The molecule has 0 radical (unpaired) electrons. The highest BCUT2D eigenvalue weighted by atomic mass is 79.9. The summed E-state index contributed by atoms with van der Waals surface area (Å²) in [7, 11) is -3.39. The number of halogens is 1. The molecule has 2 N–H and O–H groups in total. The van der Waals surface area contributed by atoms with Crippen LogP contribution in [0, 0.1) is 11.8 Å². The van der Waals surface area contributed by atoms with E-state index in [4.69, 9.17) is 5.73 Å². The quantitative estimate of drug-likeness (QED) is 0.901. The Labute approximate surface area is 128 Å². The molecule has 1 aliphatic carbocycles. The van der Waals surface area contributed by atoms with Gasteiger partial charge in [-0.25, -0.2) is 8.42 Å². The lowest BCUT2D eigenvalue weighted by Crippen LogP contribution is -2.30. The van der Waals surface area contributed by atoms with Crippen LogP contribution in [0.1, 0.15) is 24.8 Å². The van der Waals surface area contributed by atoms with Gasteiger partial charge in [0.05, 0.1) is 4.90 Å². The molecule has 0 spiro atoms. The zero-order valence-corrected chi connectivity index (χ0v) is 13.7. The molecule has 0 amide bonds. The van der Waals surface area contributed by atoms with E-state index in [0.29, 0.717) is 40.8 Å². The SMILES string of the molecule is NCc1ccc(S(=O)(=O)N2CC3CCCC3C2)c(Br)c1. The van der Waals surface area contributed by atoms with Gasteiger partial charge in [-0.2, -0.15) is 4.31 Å². The molecule has 3 rings (SSSR count). The topological polar surface area (TPSA) is 63.4 Å². The van der Waals surface area contributed by atoms with Crippen LogP contribution in [0.15, 0.2) is 27.6 Å². The predicted molar refractivity (Wildman–Crippen MR) is 81.6 cm³/mol. The van der Waals surface area contributed by atoms with Crippen LogP contribution in [0.3, 0.4) is 0 Å². The molecule has 20 heavy (non-hydrogen) atoms. The molecule has 2 atom stereocenters. The van der Waals surface area contributed by atoms with Gasteiger partial charge >= 0.3 is 0 Å². The van der Waals surface area contributed by atoms with Crippen molar-refractivity contribution >= 4 is 26.0 Å². The Morgan fingerprint density at radius 2 is 1.90 bits per heavy atom. The monoisotopic (exact) mass is 358 g/mol. The van der Waals surface area contributed by atoms with E-state index < -0.39 is 10.0 Å². The Morgan fingerprint density at radius 3 is 2.45 bits per heavy atom. The molecule has 6 heteroatoms. The molecule has 1 saturated carbocycles. The van der Waals surface area contributed by atoms with E-state index in [2.05, 4.69) is 15.9 Å². The standard InChI is InChI=1S/C14H19BrN2O2S/c15-13-6-10(7-16)4-5-14(13)20(18,19)17-8-11-2-1-3-12(11)9-17/h4-6,11-12H,1-3,7-9,16H2. The van der Waals surface area contributed by atoms with Gasteiger partial charge in [-0.15, -0.1) is 0 Å². The van der Waals surface area contributed by atoms with Crippen LogP contribution < -0.4 is 5.73 Å². The van der Waals surface area contributed by atoms with Crippen molar-refractivity contribution < 1.29 is 8.42 Å². The van der Waals surface area contributed by atoms with Gasteiger partial charge in [-0.1, -0.05) is 12.5 Å². The lowest BCUT2D eigenvalue weighted by molar-refractivity contribution is 0.445. The molecule has 0 bridgehead atoms. The van der Waals surface area contributed by atoms with Crippen molar-refractivity contribution in [2.75, 3.05) is 13.1 Å². The van der Waals surface area contributed by atoms with Gasteiger partial charge in [0.2, 0.25) is 10.0 Å². The summed E-state index contributed by atoms with van der Waals surface area (Å²) in [5.41, 5.74) is 6.51. The van der Waals surface area contributed by atoms with Crippen LogP contribution >= 0.6 is 15.9 Å². The molecule has 1 aliphatic heterocycles. The van der Waals surface area contributed by atoms with Crippen molar-refractivity contribution in [3.63, 3.8) is 0 Å². The molecule has 4 nitrogen and oxygen atoms in total. The molecular weight excluding hydrogens is 340 g/mol. The Balaban J connectivity index is 1.89. The molecule has 0 aromatic heterocycles. The summed E-state index contributed by atoms with van der Waals surface area (Å²) in [6.45, 7) is 1.77. The molecule has 1 heterocycles. The molecule has 2 aliphatic rings. The summed E-state index contributed by atoms with van der Waals surface area (Å²) in [5.74, 6) is 1.12. The molecule has 2 fully saturated rings. The van der Waals surface area contributed by atoms with Crippen molar-refractivity contribution in [3.8, 4) is 0 Å². The fraction of sp³-hybridized carbons (Fsp3) is 0.571. The molecule has 1 aromatic carbocycles. The highest BCUT2D eigenvalue weighted by Gasteiger charge is 2.41. The fourth-order valence-corrected chi connectivity index (χ4v) is 6.05. The summed E-state index contributed by atoms with van der Waals surface area (Å²) in [6.07, 6.45) is 3.59. The van der Waals surface area contributed by atoms with Crippen LogP contribution in [0.5, 0.6) is 0 Å². The van der Waals surface area contributed by atoms with E-state index >= 15 is 0 Å². The lowest BCUT2D eigenvalue weighted by Gasteiger charge is -2.18. The van der Waals surface area contributed by atoms with Gasteiger partial charge in [0.25, 0.3) is 0 Å². The van der Waals surface area contributed by atoms with Crippen molar-refractivity contribution in [2.24, 2.45) is 17.6 Å². The molecule has 2 unspecified atom stereocenters. The first-order valence-corrected chi connectivity index (χ1v) is 9.24. The Kier molecular flexibility index (Phi) is 3.92. The van der Waals surface area contributed by atoms with Gasteiger partial charge in [0.15, 0.2) is 0 Å². The average molecular weight is 359 g/mol. The molecule has 1 saturated heterocycles. The maximum Gasteiger partial charge on any atom is 0.244 e. The summed E-state index contributed by atoms with van der Waals surface area (Å²) in [6, 6.07) is 5.24. The number of nitrogens with zero attached hydrogens (tertiary/aromatic N) is 1. The number of rotatable bonds is 3. The van der Waals surface area contributed by atoms with Gasteiger partial charge in [0, 0.05) is 24.1 Å². The van der Waals surface area contributed by atoms with Gasteiger partial charge in [-0.3, -0.25) is 0 Å². The Bertz CT molecular complexity index is 606. The van der Waals surface area contributed by atoms with E-state index in [1.54, 1.807) is 22.5 Å². The first-order chi connectivity index (χ1) is 9.52. The van der Waals surface area contributed by atoms with Crippen LogP contribution in [0.25, 0.3) is 0 Å². The molecular formula is C14H19BrN2O2S. The first-order valence-electron chi connectivity index (χ1n) is 7.01. The maximum atomic E-state index is 12.8. The number of nitrogens with two attached hydrogens (primary N) is 1. The number of hydrogen-bond donors (Lipinski definition) is 1. The zero-order chi connectivity index (χ0) is 14.3. The second-order valence-electron chi connectivity index (χ2n) is 5.74. The minimum Gasteiger partial charge on any atom is -0.326 e. The largest absolute Gasteiger partial charge is 0.326 e. The summed E-state index contributed by atoms with van der Waals surface area (Å²) >= 11 is 3.37. The van der Waals surface area contributed by atoms with E-state index in [-0.39, 0.29) is 0 Å². The van der Waals surface area contributed by atoms with Gasteiger partial charge in [0.1, 0.15) is 0 Å². The van der Waals surface area contributed by atoms with E-state index in [9.17, 15) is 8.42 Å². The maximum absolute atomic E-state index is 12.8. The van der Waals surface area contributed by atoms with Crippen LogP contribution in [-0.4, -0.2) is 25.8 Å². The van der Waals surface area contributed by atoms with E-state index in [0.717, 1.165) is 5.56 Å². The van der Waals surface area contributed by atoms with Crippen molar-refractivity contribution in [3.05, 3.63) is 28.2 Å². The fourth-order valence-electron chi connectivity index (χ4n) is 3.41. The third kappa shape index (κ3) is 2.43. The molecule has 110 valence electrons.